The molecule has 0 bridgehead atoms. The smallest absolute Gasteiger partial charge is 0.332 e. The summed E-state index contributed by atoms with van der Waals surface area (Å²) in [6, 6.07) is -0.544. The number of nitrogens with zero attached hydrogens (tertiary/aromatic N) is 1. The van der Waals surface area contributed by atoms with Gasteiger partial charge < -0.3 is 25.5 Å². The zero-order valence-electron chi connectivity index (χ0n) is 9.60. The van der Waals surface area contributed by atoms with Crippen molar-refractivity contribution in [1.29, 1.82) is 0 Å². The molecule has 0 spiro atoms. The SMILES string of the molecule is O=C(NCc1cnc[nH]1)NC1(C(=O)O)CCOC1. The largest absolute Gasteiger partial charge is 0.479 e. The van der Waals surface area contributed by atoms with Crippen molar-refractivity contribution in [1.82, 2.24) is 20.6 Å². The first-order valence-corrected chi connectivity index (χ1v) is 5.47. The Morgan fingerprint density at radius 1 is 1.61 bits per heavy atom. The average molecular weight is 254 g/mol. The van der Waals surface area contributed by atoms with Crippen LogP contribution in [0.25, 0.3) is 0 Å². The van der Waals surface area contributed by atoms with E-state index in [0.717, 1.165) is 5.69 Å². The molecule has 2 heterocycles. The van der Waals surface area contributed by atoms with Crippen LogP contribution >= 0.6 is 0 Å². The highest BCUT2D eigenvalue weighted by Crippen LogP contribution is 2.18. The number of carboxylic acid groups (broad SMARTS) is 1. The molecule has 8 heteroatoms. The van der Waals surface area contributed by atoms with Gasteiger partial charge in [0.2, 0.25) is 0 Å². The summed E-state index contributed by atoms with van der Waals surface area (Å²) in [5.74, 6) is -1.09. The molecule has 1 atom stereocenters. The van der Waals surface area contributed by atoms with Gasteiger partial charge >= 0.3 is 12.0 Å². The number of rotatable bonds is 4. The Kier molecular flexibility index (Phi) is 3.47. The summed E-state index contributed by atoms with van der Waals surface area (Å²) in [6.07, 6.45) is 3.34. The molecule has 18 heavy (non-hydrogen) atoms. The molecular weight excluding hydrogens is 240 g/mol. The van der Waals surface area contributed by atoms with Crippen molar-refractivity contribution >= 4 is 12.0 Å². The molecule has 98 valence electrons. The van der Waals surface area contributed by atoms with E-state index in [1.807, 2.05) is 0 Å². The minimum absolute atomic E-state index is 0.0141. The van der Waals surface area contributed by atoms with Crippen molar-refractivity contribution < 1.29 is 19.4 Å². The van der Waals surface area contributed by atoms with Crippen molar-refractivity contribution in [3.05, 3.63) is 18.2 Å². The molecule has 0 radical (unpaired) electrons. The van der Waals surface area contributed by atoms with Gasteiger partial charge in [-0.2, -0.15) is 0 Å². The molecule has 2 rings (SSSR count). The third kappa shape index (κ3) is 2.59. The van der Waals surface area contributed by atoms with Gasteiger partial charge in [-0.25, -0.2) is 14.6 Å². The Hall–Kier alpha value is -2.09. The minimum atomic E-state index is -1.32. The van der Waals surface area contributed by atoms with Crippen molar-refractivity contribution in [2.45, 2.75) is 18.5 Å². The lowest BCUT2D eigenvalue weighted by Crippen LogP contribution is -2.57. The maximum Gasteiger partial charge on any atom is 0.332 e. The van der Waals surface area contributed by atoms with Crippen molar-refractivity contribution in [3.8, 4) is 0 Å². The van der Waals surface area contributed by atoms with Gasteiger partial charge in [0.15, 0.2) is 5.54 Å². The second kappa shape index (κ2) is 5.05. The summed E-state index contributed by atoms with van der Waals surface area (Å²) in [4.78, 5) is 29.4. The summed E-state index contributed by atoms with van der Waals surface area (Å²) in [6.45, 7) is 0.565. The summed E-state index contributed by atoms with van der Waals surface area (Å²) in [7, 11) is 0. The Labute approximate surface area is 103 Å². The Bertz CT molecular complexity index is 425. The number of carbonyl (C=O) groups is 2. The molecule has 1 aliphatic rings. The molecule has 1 aromatic heterocycles. The monoisotopic (exact) mass is 254 g/mol. The maximum absolute atomic E-state index is 11.6. The first-order valence-electron chi connectivity index (χ1n) is 5.47. The van der Waals surface area contributed by atoms with E-state index in [9.17, 15) is 9.59 Å². The van der Waals surface area contributed by atoms with Gasteiger partial charge in [0, 0.05) is 19.2 Å². The molecule has 8 nitrogen and oxygen atoms in total. The minimum Gasteiger partial charge on any atom is -0.479 e. The number of aromatic amines is 1. The fourth-order valence-electron chi connectivity index (χ4n) is 1.70. The number of urea groups is 1. The van der Waals surface area contributed by atoms with E-state index in [1.165, 1.54) is 6.33 Å². The number of nitrogens with one attached hydrogen (secondary N) is 3. The molecule has 2 amide bonds. The van der Waals surface area contributed by atoms with Crippen LogP contribution in [-0.4, -0.2) is 45.8 Å². The fourth-order valence-corrected chi connectivity index (χ4v) is 1.70. The maximum atomic E-state index is 11.6. The number of hydrogen-bond acceptors (Lipinski definition) is 4. The first-order chi connectivity index (χ1) is 8.62. The van der Waals surface area contributed by atoms with Crippen LogP contribution in [0.3, 0.4) is 0 Å². The predicted molar refractivity (Wildman–Crippen MR) is 59.8 cm³/mol. The van der Waals surface area contributed by atoms with Gasteiger partial charge in [-0.1, -0.05) is 0 Å². The third-order valence-corrected chi connectivity index (χ3v) is 2.78. The zero-order valence-corrected chi connectivity index (χ0v) is 9.60. The molecule has 1 aromatic rings. The van der Waals surface area contributed by atoms with Gasteiger partial charge in [-0.3, -0.25) is 0 Å². The van der Waals surface area contributed by atoms with Crippen molar-refractivity contribution in [2.24, 2.45) is 0 Å². The topological polar surface area (TPSA) is 116 Å². The van der Waals surface area contributed by atoms with E-state index in [4.69, 9.17) is 9.84 Å². The van der Waals surface area contributed by atoms with Gasteiger partial charge in [0.1, 0.15) is 0 Å². The van der Waals surface area contributed by atoms with Gasteiger partial charge in [-0.15, -0.1) is 0 Å². The number of imidazole rings is 1. The van der Waals surface area contributed by atoms with Crippen LogP contribution in [0.15, 0.2) is 12.5 Å². The van der Waals surface area contributed by atoms with Gasteiger partial charge in [0.25, 0.3) is 0 Å². The van der Waals surface area contributed by atoms with Crippen LogP contribution in [-0.2, 0) is 16.1 Å². The molecule has 0 saturated carbocycles. The lowest BCUT2D eigenvalue weighted by atomic mass is 9.99. The number of aliphatic carboxylic acids is 1. The summed E-state index contributed by atoms with van der Waals surface area (Å²) >= 11 is 0. The van der Waals surface area contributed by atoms with E-state index < -0.39 is 17.5 Å². The van der Waals surface area contributed by atoms with Crippen molar-refractivity contribution in [3.63, 3.8) is 0 Å². The molecule has 4 N–H and O–H groups in total. The van der Waals surface area contributed by atoms with Crippen LogP contribution < -0.4 is 10.6 Å². The normalized spacial score (nSPS) is 22.7. The van der Waals surface area contributed by atoms with Crippen LogP contribution in [0.1, 0.15) is 12.1 Å². The molecule has 1 unspecified atom stereocenters. The standard InChI is InChI=1S/C10H14N4O4/c15-8(16)10(1-2-18-5-10)14-9(17)12-4-7-3-11-6-13-7/h3,6H,1-2,4-5H2,(H,11,13)(H,15,16)(H2,12,14,17). The van der Waals surface area contributed by atoms with E-state index in [1.54, 1.807) is 6.20 Å². The lowest BCUT2D eigenvalue weighted by molar-refractivity contribution is -0.144. The number of carboxylic acids is 1. The fraction of sp³-hybridized carbons (Fsp3) is 0.500. The molecule has 0 aromatic carbocycles. The van der Waals surface area contributed by atoms with Crippen LogP contribution in [0.2, 0.25) is 0 Å². The summed E-state index contributed by atoms with van der Waals surface area (Å²) in [5, 5.41) is 14.1. The molecule has 1 fully saturated rings. The second-order valence-corrected chi connectivity index (χ2v) is 4.07. The lowest BCUT2D eigenvalue weighted by Gasteiger charge is -2.23. The highest BCUT2D eigenvalue weighted by molar-refractivity contribution is 5.86. The predicted octanol–water partition coefficient (Wildman–Crippen LogP) is -0.547. The second-order valence-electron chi connectivity index (χ2n) is 4.07. The van der Waals surface area contributed by atoms with E-state index in [2.05, 4.69) is 20.6 Å². The van der Waals surface area contributed by atoms with Gasteiger partial charge in [0.05, 0.1) is 25.2 Å². The van der Waals surface area contributed by atoms with Gasteiger partial charge in [-0.05, 0) is 0 Å². The van der Waals surface area contributed by atoms with Crippen LogP contribution in [0.4, 0.5) is 4.79 Å². The third-order valence-electron chi connectivity index (χ3n) is 2.78. The highest BCUT2D eigenvalue weighted by Gasteiger charge is 2.43. The molecular formula is C10H14N4O4. The molecule has 0 aliphatic carbocycles. The van der Waals surface area contributed by atoms with E-state index in [-0.39, 0.29) is 19.6 Å². The average Bonchev–Trinajstić information content (AvgIpc) is 2.97. The summed E-state index contributed by atoms with van der Waals surface area (Å²) < 4.78 is 5.03. The number of ether oxygens (including phenoxy) is 1. The number of carbonyl (C=O) groups excluding carboxylic acids is 1. The van der Waals surface area contributed by atoms with Crippen LogP contribution in [0, 0.1) is 0 Å². The molecule has 1 aliphatic heterocycles. The highest BCUT2D eigenvalue weighted by atomic mass is 16.5. The number of H-pyrrole nitrogens is 1. The molecule has 1 saturated heterocycles. The van der Waals surface area contributed by atoms with Crippen molar-refractivity contribution in [2.75, 3.05) is 13.2 Å². The van der Waals surface area contributed by atoms with E-state index in [0.29, 0.717) is 6.61 Å². The first kappa shape index (κ1) is 12.4. The zero-order chi connectivity index (χ0) is 13.0. The summed E-state index contributed by atoms with van der Waals surface area (Å²) in [5.41, 5.74) is -0.588. The Morgan fingerprint density at radius 3 is 3.00 bits per heavy atom. The number of hydrogen-bond donors (Lipinski definition) is 4. The number of aromatic nitrogens is 2. The van der Waals surface area contributed by atoms with E-state index >= 15 is 0 Å². The Balaban J connectivity index is 1.88. The quantitative estimate of drug-likeness (QED) is 0.575. The Morgan fingerprint density at radius 2 is 2.44 bits per heavy atom. The number of amides is 2. The van der Waals surface area contributed by atoms with Crippen LogP contribution in [0.5, 0.6) is 0 Å².